The first kappa shape index (κ1) is 15.5. The Morgan fingerprint density at radius 3 is 2.87 bits per heavy atom. The summed E-state index contributed by atoms with van der Waals surface area (Å²) < 4.78 is 7.04. The van der Waals surface area contributed by atoms with Gasteiger partial charge in [0.2, 0.25) is 5.91 Å². The summed E-state index contributed by atoms with van der Waals surface area (Å²) in [7, 11) is 1.61. The molecular formula is C17H16ClN3O2. The molecule has 1 N–H and O–H groups in total. The summed E-state index contributed by atoms with van der Waals surface area (Å²) in [6, 6.07) is 14.8. The standard InChI is InChI=1S/C17H16ClN3O2/c1-23-11-16-20-14-7-2-3-8-15(14)21(16)10-17(22)19-13-6-4-5-12(18)9-13/h2-9H,10-11H2,1H3,(H,19,22). The third kappa shape index (κ3) is 3.52. The van der Waals surface area contributed by atoms with E-state index in [4.69, 9.17) is 16.3 Å². The Morgan fingerprint density at radius 2 is 2.09 bits per heavy atom. The zero-order valence-corrected chi connectivity index (χ0v) is 13.4. The van der Waals surface area contributed by atoms with E-state index in [1.54, 1.807) is 31.4 Å². The Balaban J connectivity index is 1.85. The number of benzene rings is 2. The average Bonchev–Trinajstić information content (AvgIpc) is 2.85. The summed E-state index contributed by atoms with van der Waals surface area (Å²) in [5.74, 6) is 0.572. The molecule has 0 radical (unpaired) electrons. The first-order valence-electron chi connectivity index (χ1n) is 7.16. The summed E-state index contributed by atoms with van der Waals surface area (Å²) in [4.78, 5) is 16.9. The van der Waals surface area contributed by atoms with Gasteiger partial charge in [0.25, 0.3) is 0 Å². The number of nitrogens with zero attached hydrogens (tertiary/aromatic N) is 2. The highest BCUT2D eigenvalue weighted by Crippen LogP contribution is 2.18. The average molecular weight is 330 g/mol. The van der Waals surface area contributed by atoms with Crippen molar-refractivity contribution in [3.63, 3.8) is 0 Å². The number of methoxy groups -OCH3 is 1. The Kier molecular flexibility index (Phi) is 4.60. The molecule has 3 rings (SSSR count). The fourth-order valence-corrected chi connectivity index (χ4v) is 2.64. The van der Waals surface area contributed by atoms with E-state index in [0.29, 0.717) is 17.3 Å². The van der Waals surface area contributed by atoms with Gasteiger partial charge in [-0.1, -0.05) is 29.8 Å². The Bertz CT molecular complexity index is 845. The molecule has 118 valence electrons. The Labute approximate surface area is 138 Å². The monoisotopic (exact) mass is 329 g/mol. The van der Waals surface area contributed by atoms with Crippen molar-refractivity contribution >= 4 is 34.2 Å². The van der Waals surface area contributed by atoms with Crippen LogP contribution in [0.15, 0.2) is 48.5 Å². The molecule has 0 saturated heterocycles. The Hall–Kier alpha value is -2.37. The summed E-state index contributed by atoms with van der Waals surface area (Å²) in [5.41, 5.74) is 2.41. The lowest BCUT2D eigenvalue weighted by molar-refractivity contribution is -0.116. The van der Waals surface area contributed by atoms with Gasteiger partial charge in [-0.3, -0.25) is 4.79 Å². The maximum Gasteiger partial charge on any atom is 0.244 e. The largest absolute Gasteiger partial charge is 0.377 e. The molecule has 0 spiro atoms. The van der Waals surface area contributed by atoms with Gasteiger partial charge in [0.05, 0.1) is 11.0 Å². The molecule has 5 nitrogen and oxygen atoms in total. The summed E-state index contributed by atoms with van der Waals surface area (Å²) in [5, 5.41) is 3.42. The zero-order valence-electron chi connectivity index (χ0n) is 12.6. The van der Waals surface area contributed by atoms with Crippen LogP contribution >= 0.6 is 11.6 Å². The molecule has 23 heavy (non-hydrogen) atoms. The van der Waals surface area contributed by atoms with E-state index in [2.05, 4.69) is 10.3 Å². The number of fused-ring (bicyclic) bond motifs is 1. The minimum Gasteiger partial charge on any atom is -0.377 e. The number of rotatable bonds is 5. The SMILES string of the molecule is COCc1nc2ccccc2n1CC(=O)Nc1cccc(Cl)c1. The number of ether oxygens (including phenoxy) is 1. The number of carbonyl (C=O) groups excluding carboxylic acids is 1. The first-order chi connectivity index (χ1) is 11.2. The van der Waals surface area contributed by atoms with Crippen LogP contribution < -0.4 is 5.32 Å². The second kappa shape index (κ2) is 6.81. The van der Waals surface area contributed by atoms with Crippen LogP contribution in [0.25, 0.3) is 11.0 Å². The fourth-order valence-electron chi connectivity index (χ4n) is 2.45. The number of aromatic nitrogens is 2. The molecule has 0 fully saturated rings. The topological polar surface area (TPSA) is 56.2 Å². The first-order valence-corrected chi connectivity index (χ1v) is 7.53. The number of hydrogen-bond donors (Lipinski definition) is 1. The van der Waals surface area contributed by atoms with Crippen LogP contribution in [0.2, 0.25) is 5.02 Å². The molecule has 0 saturated carbocycles. The number of nitrogens with one attached hydrogen (secondary N) is 1. The maximum atomic E-state index is 12.3. The molecule has 0 aliphatic carbocycles. The third-order valence-electron chi connectivity index (χ3n) is 3.42. The number of hydrogen-bond acceptors (Lipinski definition) is 3. The highest BCUT2D eigenvalue weighted by Gasteiger charge is 2.13. The van der Waals surface area contributed by atoms with Crippen LogP contribution in [0.4, 0.5) is 5.69 Å². The van der Waals surface area contributed by atoms with Gasteiger partial charge in [0.1, 0.15) is 19.0 Å². The van der Waals surface area contributed by atoms with Crippen LogP contribution in [-0.4, -0.2) is 22.6 Å². The quantitative estimate of drug-likeness (QED) is 0.779. The van der Waals surface area contributed by atoms with E-state index in [-0.39, 0.29) is 12.5 Å². The van der Waals surface area contributed by atoms with Crippen molar-refractivity contribution in [2.75, 3.05) is 12.4 Å². The lowest BCUT2D eigenvalue weighted by Crippen LogP contribution is -2.20. The van der Waals surface area contributed by atoms with Crippen LogP contribution in [0.3, 0.4) is 0 Å². The summed E-state index contributed by atoms with van der Waals surface area (Å²) >= 11 is 5.93. The van der Waals surface area contributed by atoms with E-state index in [9.17, 15) is 4.79 Å². The number of amides is 1. The number of carbonyl (C=O) groups is 1. The van der Waals surface area contributed by atoms with Gasteiger partial charge in [-0.15, -0.1) is 0 Å². The molecule has 1 amide bonds. The zero-order chi connectivity index (χ0) is 16.2. The minimum absolute atomic E-state index is 0.146. The molecule has 1 heterocycles. The van der Waals surface area contributed by atoms with E-state index >= 15 is 0 Å². The molecule has 1 aromatic heterocycles. The molecule has 0 unspecified atom stereocenters. The number of para-hydroxylation sites is 2. The smallest absolute Gasteiger partial charge is 0.244 e. The van der Waals surface area contributed by atoms with Crippen LogP contribution in [-0.2, 0) is 22.7 Å². The van der Waals surface area contributed by atoms with E-state index in [1.807, 2.05) is 28.8 Å². The van der Waals surface area contributed by atoms with Crippen molar-refractivity contribution in [2.24, 2.45) is 0 Å². The molecule has 3 aromatic rings. The molecule has 0 bridgehead atoms. The van der Waals surface area contributed by atoms with Gasteiger partial charge in [-0.05, 0) is 30.3 Å². The van der Waals surface area contributed by atoms with Crippen molar-refractivity contribution in [1.82, 2.24) is 9.55 Å². The Morgan fingerprint density at radius 1 is 1.26 bits per heavy atom. The van der Waals surface area contributed by atoms with Crippen molar-refractivity contribution in [3.8, 4) is 0 Å². The lowest BCUT2D eigenvalue weighted by atomic mass is 10.3. The molecule has 2 aromatic carbocycles. The van der Waals surface area contributed by atoms with Gasteiger partial charge in [-0.25, -0.2) is 4.98 Å². The summed E-state index contributed by atoms with van der Waals surface area (Å²) in [6.45, 7) is 0.505. The normalized spacial score (nSPS) is 10.9. The maximum absolute atomic E-state index is 12.3. The third-order valence-corrected chi connectivity index (χ3v) is 3.65. The van der Waals surface area contributed by atoms with Crippen LogP contribution in [0.1, 0.15) is 5.82 Å². The van der Waals surface area contributed by atoms with Gasteiger partial charge >= 0.3 is 0 Å². The van der Waals surface area contributed by atoms with Gasteiger partial charge in [-0.2, -0.15) is 0 Å². The molecule has 6 heteroatoms. The van der Waals surface area contributed by atoms with Gasteiger partial charge < -0.3 is 14.6 Å². The van der Waals surface area contributed by atoms with Crippen LogP contribution in [0.5, 0.6) is 0 Å². The second-order valence-electron chi connectivity index (χ2n) is 5.09. The number of imidazole rings is 1. The van der Waals surface area contributed by atoms with Crippen molar-refractivity contribution in [2.45, 2.75) is 13.2 Å². The molecular weight excluding hydrogens is 314 g/mol. The lowest BCUT2D eigenvalue weighted by Gasteiger charge is -2.10. The van der Waals surface area contributed by atoms with E-state index in [0.717, 1.165) is 16.9 Å². The predicted molar refractivity (Wildman–Crippen MR) is 90.5 cm³/mol. The number of halogens is 1. The van der Waals surface area contributed by atoms with Gasteiger partial charge in [0.15, 0.2) is 0 Å². The molecule has 0 aliphatic heterocycles. The molecule has 0 aliphatic rings. The minimum atomic E-state index is -0.146. The van der Waals surface area contributed by atoms with Crippen molar-refractivity contribution in [3.05, 3.63) is 59.4 Å². The highest BCUT2D eigenvalue weighted by molar-refractivity contribution is 6.30. The fraction of sp³-hybridized carbons (Fsp3) is 0.176. The molecule has 0 atom stereocenters. The van der Waals surface area contributed by atoms with E-state index < -0.39 is 0 Å². The summed E-state index contributed by atoms with van der Waals surface area (Å²) in [6.07, 6.45) is 0. The van der Waals surface area contributed by atoms with E-state index in [1.165, 1.54) is 0 Å². The highest BCUT2D eigenvalue weighted by atomic mass is 35.5. The van der Waals surface area contributed by atoms with Gasteiger partial charge in [0, 0.05) is 17.8 Å². The van der Waals surface area contributed by atoms with Crippen LogP contribution in [0, 0.1) is 0 Å². The van der Waals surface area contributed by atoms with Crippen molar-refractivity contribution < 1.29 is 9.53 Å². The predicted octanol–water partition coefficient (Wildman–Crippen LogP) is 3.47. The second-order valence-corrected chi connectivity index (χ2v) is 5.53. The van der Waals surface area contributed by atoms with Crippen molar-refractivity contribution in [1.29, 1.82) is 0 Å². The number of anilines is 1.